The van der Waals surface area contributed by atoms with E-state index >= 15 is 0 Å². The number of aliphatic hydroxyl groups is 1. The number of carbonyl (C=O) groups is 4. The fraction of sp³-hybridized carbons (Fsp3) is 0.796. The molecule has 0 radical (unpaired) electrons. The Morgan fingerprint density at radius 3 is 1.48 bits per heavy atom. The van der Waals surface area contributed by atoms with Gasteiger partial charge in [0.05, 0.1) is 13.2 Å². The van der Waals surface area contributed by atoms with Crippen molar-refractivity contribution in [1.82, 2.24) is 10.6 Å². The van der Waals surface area contributed by atoms with Crippen LogP contribution < -0.4 is 10.6 Å². The third-order valence-corrected chi connectivity index (χ3v) is 10.7. The number of aliphatic hydroxyl groups excluding tert-OH is 1. The van der Waals surface area contributed by atoms with Crippen molar-refractivity contribution in [3.05, 3.63) is 36.5 Å². The van der Waals surface area contributed by atoms with Crippen LogP contribution in [-0.4, -0.2) is 59.3 Å². The number of amides is 2. The van der Waals surface area contributed by atoms with Crippen LogP contribution in [0.4, 0.5) is 0 Å². The minimum atomic E-state index is -1.38. The van der Waals surface area contributed by atoms with Crippen LogP contribution in [0.3, 0.4) is 0 Å². The number of allylic oxidation sites excluding steroid dienone is 6. The van der Waals surface area contributed by atoms with Crippen LogP contribution in [0, 0.1) is 0 Å². The van der Waals surface area contributed by atoms with Crippen molar-refractivity contribution in [3.63, 3.8) is 0 Å². The Morgan fingerprint density at radius 2 is 0.983 bits per heavy atom. The molecule has 0 heterocycles. The van der Waals surface area contributed by atoms with Crippen molar-refractivity contribution in [2.75, 3.05) is 13.2 Å². The van der Waals surface area contributed by atoms with Gasteiger partial charge in [0.2, 0.25) is 11.8 Å². The molecule has 0 aromatic carbocycles. The van der Waals surface area contributed by atoms with Gasteiger partial charge in [-0.1, -0.05) is 179 Å². The van der Waals surface area contributed by atoms with Crippen molar-refractivity contribution in [3.8, 4) is 0 Å². The van der Waals surface area contributed by atoms with Gasteiger partial charge in [0.15, 0.2) is 0 Å². The molecule has 0 aromatic heterocycles. The third-order valence-electron chi connectivity index (χ3n) is 10.7. The summed E-state index contributed by atoms with van der Waals surface area (Å²) in [6.07, 6.45) is 50.3. The number of carboxylic acid groups (broad SMARTS) is 1. The lowest BCUT2D eigenvalue weighted by atomic mass is 10.0. The normalized spacial score (nSPS) is 12.7. The van der Waals surface area contributed by atoms with Gasteiger partial charge < -0.3 is 25.6 Å². The summed E-state index contributed by atoms with van der Waals surface area (Å²) >= 11 is 0. The number of esters is 1. The average molecular weight is 817 g/mol. The maximum Gasteiger partial charge on any atom is 0.328 e. The Bertz CT molecular complexity index is 1070. The van der Waals surface area contributed by atoms with Crippen molar-refractivity contribution >= 4 is 23.8 Å². The van der Waals surface area contributed by atoms with Gasteiger partial charge in [-0.25, -0.2) is 4.79 Å². The number of unbranched alkanes of at least 4 members (excludes halogenated alkanes) is 23. The minimum absolute atomic E-state index is 0.0169. The van der Waals surface area contributed by atoms with Crippen molar-refractivity contribution < 1.29 is 34.1 Å². The topological polar surface area (TPSA) is 142 Å². The van der Waals surface area contributed by atoms with E-state index < -0.39 is 24.5 Å². The highest BCUT2D eigenvalue weighted by Crippen LogP contribution is 2.19. The molecule has 9 nitrogen and oxygen atoms in total. The Morgan fingerprint density at radius 1 is 0.534 bits per heavy atom. The molecule has 0 rings (SSSR count). The quantitative estimate of drug-likeness (QED) is 0.0273. The Kier molecular flexibility index (Phi) is 41.4. The van der Waals surface area contributed by atoms with E-state index in [2.05, 4.69) is 60.9 Å². The monoisotopic (exact) mass is 817 g/mol. The average Bonchev–Trinajstić information content (AvgIpc) is 3.21. The van der Waals surface area contributed by atoms with Crippen LogP contribution in [0.2, 0.25) is 0 Å². The van der Waals surface area contributed by atoms with E-state index in [4.69, 9.17) is 14.9 Å². The van der Waals surface area contributed by atoms with E-state index in [1.54, 1.807) is 0 Å². The number of nitrogens with one attached hydrogen (secondary N) is 2. The van der Waals surface area contributed by atoms with Crippen LogP contribution in [0.15, 0.2) is 36.5 Å². The van der Waals surface area contributed by atoms with Gasteiger partial charge in [0.1, 0.15) is 12.1 Å². The SMILES string of the molecule is CC/C=C\C/C=C\C/C=C\CCCCCCCCCC(=O)OC(CCCCCCCCCCCCCCC)CCCCCCCC(=O)NCC(=O)NC(CO)C(=O)O. The van der Waals surface area contributed by atoms with Gasteiger partial charge in [-0.2, -0.15) is 0 Å². The maximum absolute atomic E-state index is 12.8. The number of hydrogen-bond donors (Lipinski definition) is 4. The standard InChI is InChI=1S/C49H88N2O7/c1-3-5-7-9-11-13-15-17-18-19-20-22-24-26-28-33-37-41-48(55)58-44(38-34-30-27-25-23-21-16-14-12-10-8-6-4-2)39-35-31-29-32-36-40-46(53)50-42-47(54)51-45(43-52)49(56)57/h5,7,11,13,17-18,44-45,52H,3-4,6,8-10,12,14-16,19-43H2,1-2H3,(H,50,53)(H,51,54)(H,56,57)/b7-5-,13-11-,18-17-. The summed E-state index contributed by atoms with van der Waals surface area (Å²) in [5.41, 5.74) is 0. The number of ether oxygens (including phenoxy) is 1. The molecule has 0 aromatic rings. The minimum Gasteiger partial charge on any atom is -0.480 e. The smallest absolute Gasteiger partial charge is 0.328 e. The van der Waals surface area contributed by atoms with Gasteiger partial charge in [-0.3, -0.25) is 14.4 Å². The first-order valence-electron chi connectivity index (χ1n) is 23.9. The molecule has 0 aliphatic carbocycles. The molecular formula is C49H88N2O7. The highest BCUT2D eigenvalue weighted by molar-refractivity contribution is 5.87. The maximum atomic E-state index is 12.8. The molecule has 336 valence electrons. The van der Waals surface area contributed by atoms with Crippen LogP contribution >= 0.6 is 0 Å². The number of carboxylic acids is 1. The van der Waals surface area contributed by atoms with E-state index in [0.717, 1.165) is 83.5 Å². The van der Waals surface area contributed by atoms with E-state index in [0.29, 0.717) is 19.3 Å². The van der Waals surface area contributed by atoms with Crippen molar-refractivity contribution in [2.45, 2.75) is 238 Å². The summed E-state index contributed by atoms with van der Waals surface area (Å²) in [6.45, 7) is 3.39. The molecule has 0 fully saturated rings. The lowest BCUT2D eigenvalue weighted by Gasteiger charge is -2.18. The molecule has 0 aliphatic heterocycles. The lowest BCUT2D eigenvalue weighted by molar-refractivity contribution is -0.150. The molecule has 0 aliphatic rings. The predicted octanol–water partition coefficient (Wildman–Crippen LogP) is 12.2. The molecule has 58 heavy (non-hydrogen) atoms. The van der Waals surface area contributed by atoms with Crippen LogP contribution in [-0.2, 0) is 23.9 Å². The first-order chi connectivity index (χ1) is 28.3. The van der Waals surface area contributed by atoms with Crippen LogP contribution in [0.1, 0.15) is 226 Å². The second-order valence-electron chi connectivity index (χ2n) is 16.2. The predicted molar refractivity (Wildman–Crippen MR) is 241 cm³/mol. The molecule has 0 saturated heterocycles. The summed E-state index contributed by atoms with van der Waals surface area (Å²) < 4.78 is 6.05. The van der Waals surface area contributed by atoms with Crippen LogP contribution in [0.25, 0.3) is 0 Å². The molecule has 2 amide bonds. The van der Waals surface area contributed by atoms with E-state index in [9.17, 15) is 19.2 Å². The lowest BCUT2D eigenvalue weighted by Crippen LogP contribution is -2.47. The summed E-state index contributed by atoms with van der Waals surface area (Å²) in [5, 5.41) is 22.6. The molecule has 0 saturated carbocycles. The van der Waals surface area contributed by atoms with Gasteiger partial charge in [-0.05, 0) is 70.6 Å². The molecule has 4 N–H and O–H groups in total. The number of rotatable bonds is 43. The van der Waals surface area contributed by atoms with Crippen LogP contribution in [0.5, 0.6) is 0 Å². The molecule has 0 bridgehead atoms. The fourth-order valence-electron chi connectivity index (χ4n) is 7.02. The van der Waals surface area contributed by atoms with Gasteiger partial charge in [-0.15, -0.1) is 0 Å². The Balaban J connectivity index is 4.31. The summed E-state index contributed by atoms with van der Waals surface area (Å²) in [5.74, 6) is -2.29. The Labute approximate surface area is 355 Å². The van der Waals surface area contributed by atoms with Gasteiger partial charge >= 0.3 is 11.9 Å². The molecule has 2 unspecified atom stereocenters. The highest BCUT2D eigenvalue weighted by Gasteiger charge is 2.19. The molecule has 2 atom stereocenters. The Hall–Kier alpha value is -2.94. The first kappa shape index (κ1) is 55.1. The van der Waals surface area contributed by atoms with E-state index in [-0.39, 0.29) is 24.5 Å². The second kappa shape index (κ2) is 43.6. The number of hydrogen-bond acceptors (Lipinski definition) is 6. The van der Waals surface area contributed by atoms with E-state index in [1.165, 1.54) is 109 Å². The molecule has 9 heteroatoms. The van der Waals surface area contributed by atoms with Gasteiger partial charge in [0.25, 0.3) is 0 Å². The molecule has 0 spiro atoms. The largest absolute Gasteiger partial charge is 0.480 e. The number of carbonyl (C=O) groups excluding carboxylic acids is 3. The van der Waals surface area contributed by atoms with Gasteiger partial charge in [0, 0.05) is 12.8 Å². The second-order valence-corrected chi connectivity index (χ2v) is 16.2. The van der Waals surface area contributed by atoms with E-state index in [1.807, 2.05) is 0 Å². The summed E-state index contributed by atoms with van der Waals surface area (Å²) in [6, 6.07) is -1.38. The van der Waals surface area contributed by atoms with Crippen molar-refractivity contribution in [1.29, 1.82) is 0 Å². The van der Waals surface area contributed by atoms with Crippen molar-refractivity contribution in [2.24, 2.45) is 0 Å². The summed E-state index contributed by atoms with van der Waals surface area (Å²) in [4.78, 5) is 47.7. The zero-order valence-corrected chi connectivity index (χ0v) is 37.3. The fourth-order valence-corrected chi connectivity index (χ4v) is 7.02. The zero-order valence-electron chi connectivity index (χ0n) is 37.3. The summed E-state index contributed by atoms with van der Waals surface area (Å²) in [7, 11) is 0. The number of aliphatic carboxylic acids is 1. The highest BCUT2D eigenvalue weighted by atomic mass is 16.5. The first-order valence-corrected chi connectivity index (χ1v) is 23.9. The molecular weight excluding hydrogens is 729 g/mol. The zero-order chi connectivity index (χ0) is 42.6. The third kappa shape index (κ3) is 39.9.